The molecule has 194 valence electrons. The van der Waals surface area contributed by atoms with E-state index in [1.807, 2.05) is 0 Å². The molecule has 2 N–H and O–H groups in total. The van der Waals surface area contributed by atoms with Gasteiger partial charge >= 0.3 is 0 Å². The lowest BCUT2D eigenvalue weighted by molar-refractivity contribution is -0.141. The van der Waals surface area contributed by atoms with E-state index in [0.717, 1.165) is 25.7 Å². The molecule has 0 radical (unpaired) electrons. The van der Waals surface area contributed by atoms with Crippen LogP contribution in [0.2, 0.25) is 0 Å². The summed E-state index contributed by atoms with van der Waals surface area (Å²) in [6, 6.07) is 5.79. The topological polar surface area (TPSA) is 123 Å². The van der Waals surface area contributed by atoms with Crippen molar-refractivity contribution in [3.05, 3.63) is 48.2 Å². The number of aryl methyl sites for hydroxylation is 1. The van der Waals surface area contributed by atoms with Crippen LogP contribution in [0.5, 0.6) is 11.5 Å². The molecule has 1 aliphatic carbocycles. The van der Waals surface area contributed by atoms with Gasteiger partial charge in [-0.3, -0.25) is 14.4 Å². The summed E-state index contributed by atoms with van der Waals surface area (Å²) in [5.74, 6) is 0.764. The van der Waals surface area contributed by atoms with Crippen molar-refractivity contribution in [3.8, 4) is 11.5 Å². The molecule has 1 heterocycles. The Morgan fingerprint density at radius 2 is 1.94 bits per heavy atom. The third-order valence-corrected chi connectivity index (χ3v) is 6.10. The molecule has 3 rings (SSSR count). The number of aromatic nitrogens is 1. The zero-order valence-electron chi connectivity index (χ0n) is 21.0. The van der Waals surface area contributed by atoms with Crippen molar-refractivity contribution in [2.45, 2.75) is 57.5 Å². The van der Waals surface area contributed by atoms with E-state index in [9.17, 15) is 14.4 Å². The first-order valence-corrected chi connectivity index (χ1v) is 12.0. The van der Waals surface area contributed by atoms with E-state index in [1.165, 1.54) is 19.1 Å². The molecular formula is C26H34N4O6. The van der Waals surface area contributed by atoms with Gasteiger partial charge in [0.2, 0.25) is 17.7 Å². The second-order valence-corrected chi connectivity index (χ2v) is 8.71. The van der Waals surface area contributed by atoms with Crippen LogP contribution in [0.1, 0.15) is 55.9 Å². The number of nitrogens with zero attached hydrogens (tertiary/aromatic N) is 2. The van der Waals surface area contributed by atoms with Gasteiger partial charge in [-0.15, -0.1) is 6.58 Å². The second-order valence-electron chi connectivity index (χ2n) is 8.71. The molecule has 0 unspecified atom stereocenters. The molecule has 2 aromatic rings. The molecule has 1 aliphatic rings. The zero-order valence-corrected chi connectivity index (χ0v) is 21.0. The number of hydrogen-bond donors (Lipinski definition) is 2. The lowest BCUT2D eigenvalue weighted by Gasteiger charge is -2.32. The first-order valence-electron chi connectivity index (χ1n) is 12.0. The van der Waals surface area contributed by atoms with Gasteiger partial charge < -0.3 is 29.5 Å². The van der Waals surface area contributed by atoms with Crippen LogP contribution in [0, 0.1) is 6.92 Å². The molecule has 10 heteroatoms. The monoisotopic (exact) mass is 498 g/mol. The van der Waals surface area contributed by atoms with Crippen LogP contribution < -0.4 is 20.1 Å². The van der Waals surface area contributed by atoms with Gasteiger partial charge in [0.1, 0.15) is 23.3 Å². The zero-order chi connectivity index (χ0) is 26.1. The maximum Gasteiger partial charge on any atom is 0.247 e. The van der Waals surface area contributed by atoms with E-state index in [2.05, 4.69) is 22.4 Å². The normalized spacial score (nSPS) is 14.1. The SMILES string of the molecule is C=CCN(C(=O)CCC(=O)Nc1cc(C)on1)[C@@H](C(=O)NC1CCCC1)c1ccc(OC)cc1OC. The van der Waals surface area contributed by atoms with Crippen LogP contribution in [-0.4, -0.2) is 54.6 Å². The smallest absolute Gasteiger partial charge is 0.247 e. The average Bonchev–Trinajstić information content (AvgIpc) is 3.53. The Balaban J connectivity index is 1.84. The highest BCUT2D eigenvalue weighted by molar-refractivity contribution is 5.94. The minimum absolute atomic E-state index is 0.0571. The fraction of sp³-hybridized carbons (Fsp3) is 0.462. The number of benzene rings is 1. The fourth-order valence-corrected chi connectivity index (χ4v) is 4.33. The number of anilines is 1. The van der Waals surface area contributed by atoms with E-state index < -0.39 is 6.04 Å². The Morgan fingerprint density at radius 3 is 2.56 bits per heavy atom. The molecule has 1 aromatic heterocycles. The third-order valence-electron chi connectivity index (χ3n) is 6.10. The number of amides is 3. The van der Waals surface area contributed by atoms with Crippen molar-refractivity contribution in [1.29, 1.82) is 0 Å². The third kappa shape index (κ3) is 6.87. The second kappa shape index (κ2) is 12.8. The van der Waals surface area contributed by atoms with E-state index in [4.69, 9.17) is 14.0 Å². The number of carbonyl (C=O) groups excluding carboxylic acids is 3. The molecule has 1 atom stereocenters. The van der Waals surface area contributed by atoms with Crippen LogP contribution >= 0.6 is 0 Å². The molecule has 0 bridgehead atoms. The summed E-state index contributed by atoms with van der Waals surface area (Å²) in [6.07, 6.45) is 5.26. The highest BCUT2D eigenvalue weighted by Gasteiger charge is 2.34. The van der Waals surface area contributed by atoms with Gasteiger partial charge in [-0.1, -0.05) is 24.1 Å². The van der Waals surface area contributed by atoms with Gasteiger partial charge in [0.15, 0.2) is 5.82 Å². The summed E-state index contributed by atoms with van der Waals surface area (Å²) in [4.78, 5) is 40.8. The Hall–Kier alpha value is -3.82. The fourth-order valence-electron chi connectivity index (χ4n) is 4.33. The maximum atomic E-state index is 13.6. The van der Waals surface area contributed by atoms with Crippen LogP contribution in [0.15, 0.2) is 41.4 Å². The van der Waals surface area contributed by atoms with Gasteiger partial charge in [0.05, 0.1) is 14.2 Å². The standard InChI is InChI=1S/C26H34N4O6/c1-5-14-30(24(32)13-12-23(31)28-22-15-17(2)36-29-22)25(26(33)27-18-8-6-7-9-18)20-11-10-19(34-3)16-21(20)35-4/h5,10-11,15-16,18,25H,1,6-9,12-14H2,2-4H3,(H,27,33)(H,28,29,31)/t25-/m1/s1. The van der Waals surface area contributed by atoms with Gasteiger partial charge in [-0.05, 0) is 31.9 Å². The Morgan fingerprint density at radius 1 is 1.19 bits per heavy atom. The first-order chi connectivity index (χ1) is 17.4. The average molecular weight is 499 g/mol. The van der Waals surface area contributed by atoms with Crippen molar-refractivity contribution in [2.75, 3.05) is 26.1 Å². The molecule has 1 saturated carbocycles. The number of hydrogen-bond acceptors (Lipinski definition) is 7. The Bertz CT molecular complexity index is 1080. The number of ether oxygens (including phenoxy) is 2. The lowest BCUT2D eigenvalue weighted by Crippen LogP contribution is -2.46. The van der Waals surface area contributed by atoms with Gasteiger partial charge in [-0.25, -0.2) is 0 Å². The molecule has 36 heavy (non-hydrogen) atoms. The van der Waals surface area contributed by atoms with Crippen LogP contribution in [0.3, 0.4) is 0 Å². The van der Waals surface area contributed by atoms with E-state index >= 15 is 0 Å². The molecule has 0 aliphatic heterocycles. The molecule has 0 spiro atoms. The molecule has 3 amide bonds. The van der Waals surface area contributed by atoms with E-state index in [-0.39, 0.29) is 49.0 Å². The maximum absolute atomic E-state index is 13.6. The minimum atomic E-state index is -0.974. The molecule has 1 fully saturated rings. The Kier molecular flexibility index (Phi) is 9.49. The molecular weight excluding hydrogens is 464 g/mol. The molecule has 0 saturated heterocycles. The quantitative estimate of drug-likeness (QED) is 0.429. The van der Waals surface area contributed by atoms with Crippen LogP contribution in [0.25, 0.3) is 0 Å². The summed E-state index contributed by atoms with van der Waals surface area (Å²) < 4.78 is 15.8. The van der Waals surface area contributed by atoms with Gasteiger partial charge in [-0.2, -0.15) is 0 Å². The highest BCUT2D eigenvalue weighted by Crippen LogP contribution is 2.34. The van der Waals surface area contributed by atoms with Crippen molar-refractivity contribution in [1.82, 2.24) is 15.4 Å². The first kappa shape index (κ1) is 26.8. The number of methoxy groups -OCH3 is 2. The predicted molar refractivity (Wildman–Crippen MR) is 134 cm³/mol. The van der Waals surface area contributed by atoms with E-state index in [1.54, 1.807) is 37.3 Å². The predicted octanol–water partition coefficient (Wildman–Crippen LogP) is 3.53. The van der Waals surface area contributed by atoms with Crippen molar-refractivity contribution < 1.29 is 28.4 Å². The summed E-state index contributed by atoms with van der Waals surface area (Å²) in [6.45, 7) is 5.59. The van der Waals surface area contributed by atoms with Crippen molar-refractivity contribution in [3.63, 3.8) is 0 Å². The van der Waals surface area contributed by atoms with Gasteiger partial charge in [0, 0.05) is 43.1 Å². The Labute approximate surface area is 211 Å². The number of rotatable bonds is 12. The van der Waals surface area contributed by atoms with Crippen molar-refractivity contribution >= 4 is 23.5 Å². The van der Waals surface area contributed by atoms with Crippen LogP contribution in [0.4, 0.5) is 5.82 Å². The summed E-state index contributed by atoms with van der Waals surface area (Å²) >= 11 is 0. The summed E-state index contributed by atoms with van der Waals surface area (Å²) in [5, 5.41) is 9.43. The minimum Gasteiger partial charge on any atom is -0.497 e. The van der Waals surface area contributed by atoms with Crippen LogP contribution in [-0.2, 0) is 14.4 Å². The highest BCUT2D eigenvalue weighted by atomic mass is 16.5. The van der Waals surface area contributed by atoms with E-state index in [0.29, 0.717) is 22.8 Å². The summed E-state index contributed by atoms with van der Waals surface area (Å²) in [7, 11) is 3.04. The largest absolute Gasteiger partial charge is 0.497 e. The molecule has 10 nitrogen and oxygen atoms in total. The van der Waals surface area contributed by atoms with Crippen molar-refractivity contribution in [2.24, 2.45) is 0 Å². The lowest BCUT2D eigenvalue weighted by atomic mass is 10.0. The number of carbonyl (C=O) groups is 3. The summed E-state index contributed by atoms with van der Waals surface area (Å²) in [5.41, 5.74) is 0.520. The molecule has 1 aromatic carbocycles. The van der Waals surface area contributed by atoms with Gasteiger partial charge in [0.25, 0.3) is 0 Å². The number of nitrogens with one attached hydrogen (secondary N) is 2.